The van der Waals surface area contributed by atoms with Gasteiger partial charge >= 0.3 is 0 Å². The Bertz CT molecular complexity index is 1040. The van der Waals surface area contributed by atoms with Gasteiger partial charge in [0.2, 0.25) is 0 Å². The zero-order chi connectivity index (χ0) is 18.5. The van der Waals surface area contributed by atoms with Gasteiger partial charge in [-0.1, -0.05) is 30.3 Å². The number of nitrogens with two attached hydrogens (primary N) is 2. The lowest BCUT2D eigenvalue weighted by molar-refractivity contribution is 0.0864. The summed E-state index contributed by atoms with van der Waals surface area (Å²) in [6, 6.07) is 14.3. The number of fused-ring (bicyclic) bond motifs is 4. The van der Waals surface area contributed by atoms with Crippen molar-refractivity contribution in [3.8, 4) is 11.1 Å². The third-order valence-corrected chi connectivity index (χ3v) is 7.47. The summed E-state index contributed by atoms with van der Waals surface area (Å²) in [5.41, 5.74) is 16.0. The number of benzene rings is 2. The number of anilines is 1. The van der Waals surface area contributed by atoms with Gasteiger partial charge in [-0.3, -0.25) is 4.79 Å². The summed E-state index contributed by atoms with van der Waals surface area (Å²) in [7, 11) is 0. The summed E-state index contributed by atoms with van der Waals surface area (Å²) in [4.78, 5) is 15.6. The highest BCUT2D eigenvalue weighted by Crippen LogP contribution is 2.47. The van der Waals surface area contributed by atoms with E-state index in [-0.39, 0.29) is 18.3 Å². The molecule has 6 rings (SSSR count). The number of hydrogen-bond donors (Lipinski definition) is 2. The van der Waals surface area contributed by atoms with Crippen molar-refractivity contribution in [2.24, 2.45) is 11.7 Å². The average Bonchev–Trinajstić information content (AvgIpc) is 3.08. The van der Waals surface area contributed by atoms with Crippen molar-refractivity contribution in [2.75, 3.05) is 25.4 Å². The van der Waals surface area contributed by atoms with Crippen LogP contribution >= 0.6 is 23.7 Å². The van der Waals surface area contributed by atoms with E-state index in [2.05, 4.69) is 29.2 Å². The van der Waals surface area contributed by atoms with Gasteiger partial charge < -0.3 is 16.4 Å². The summed E-state index contributed by atoms with van der Waals surface area (Å²) < 4.78 is 1.14. The lowest BCUT2D eigenvalue weighted by Gasteiger charge is -2.45. The molecule has 1 atom stereocenters. The van der Waals surface area contributed by atoms with E-state index < -0.39 is 0 Å². The van der Waals surface area contributed by atoms with Crippen LogP contribution < -0.4 is 11.5 Å². The maximum absolute atomic E-state index is 12.3. The van der Waals surface area contributed by atoms with Crippen LogP contribution in [0.4, 0.5) is 5.69 Å². The molecule has 4 heterocycles. The first-order valence-corrected chi connectivity index (χ1v) is 10.4. The molecule has 1 amide bonds. The van der Waals surface area contributed by atoms with E-state index in [0.717, 1.165) is 32.9 Å². The van der Waals surface area contributed by atoms with E-state index in [4.69, 9.17) is 11.5 Å². The zero-order valence-electron chi connectivity index (χ0n) is 15.6. The Labute approximate surface area is 174 Å². The maximum atomic E-state index is 12.3. The Morgan fingerprint density at radius 1 is 1.11 bits per heavy atom. The predicted octanol–water partition coefficient (Wildman–Crippen LogP) is 4.48. The van der Waals surface area contributed by atoms with E-state index in [1.54, 1.807) is 11.3 Å². The van der Waals surface area contributed by atoms with Gasteiger partial charge in [0.15, 0.2) is 0 Å². The van der Waals surface area contributed by atoms with Crippen molar-refractivity contribution in [1.82, 2.24) is 4.90 Å². The second-order valence-electron chi connectivity index (χ2n) is 7.76. The Balaban J connectivity index is 0.00000192. The van der Waals surface area contributed by atoms with Gasteiger partial charge in [0, 0.05) is 22.8 Å². The summed E-state index contributed by atoms with van der Waals surface area (Å²) >= 11 is 1.55. The Morgan fingerprint density at radius 2 is 1.86 bits per heavy atom. The lowest BCUT2D eigenvalue weighted by Crippen LogP contribution is -2.46. The first-order chi connectivity index (χ1) is 13.1. The molecular formula is C22H24ClN3OS. The third-order valence-electron chi connectivity index (χ3n) is 6.20. The quantitative estimate of drug-likeness (QED) is 0.622. The van der Waals surface area contributed by atoms with Crippen LogP contribution in [0.3, 0.4) is 0 Å². The van der Waals surface area contributed by atoms with Crippen molar-refractivity contribution in [2.45, 2.75) is 18.8 Å². The van der Waals surface area contributed by atoms with Crippen LogP contribution in [0, 0.1) is 5.92 Å². The third kappa shape index (κ3) is 3.08. The Kier molecular flexibility index (Phi) is 5.08. The number of nitrogen functional groups attached to an aromatic ring is 1. The summed E-state index contributed by atoms with van der Waals surface area (Å²) in [5.74, 6) is 0.753. The summed E-state index contributed by atoms with van der Waals surface area (Å²) in [6.45, 7) is 3.41. The first kappa shape index (κ1) is 19.2. The molecule has 0 aliphatic carbocycles. The number of primary amides is 1. The molecule has 28 heavy (non-hydrogen) atoms. The van der Waals surface area contributed by atoms with Crippen LogP contribution in [-0.4, -0.2) is 30.4 Å². The van der Waals surface area contributed by atoms with E-state index >= 15 is 0 Å². The van der Waals surface area contributed by atoms with Crippen molar-refractivity contribution >= 4 is 45.4 Å². The molecule has 0 unspecified atom stereocenters. The van der Waals surface area contributed by atoms with Gasteiger partial charge in [-0.25, -0.2) is 0 Å². The van der Waals surface area contributed by atoms with E-state index in [1.165, 1.54) is 36.9 Å². The number of carbonyl (C=O) groups is 1. The summed E-state index contributed by atoms with van der Waals surface area (Å²) in [5, 5.41) is 1.19. The molecule has 3 aromatic rings. The first-order valence-electron chi connectivity index (χ1n) is 9.55. The smallest absolute Gasteiger partial charge is 0.259 e. The normalized spacial score (nSPS) is 23.5. The summed E-state index contributed by atoms with van der Waals surface area (Å²) in [6.07, 6.45) is 2.43. The molecule has 4 N–H and O–H groups in total. The van der Waals surface area contributed by atoms with Crippen molar-refractivity contribution < 1.29 is 4.79 Å². The molecule has 0 spiro atoms. The number of carbonyl (C=O) groups excluding carboxylic acids is 1. The Hall–Kier alpha value is -2.08. The monoisotopic (exact) mass is 413 g/mol. The molecule has 4 nitrogen and oxygen atoms in total. The van der Waals surface area contributed by atoms with Crippen LogP contribution in [0.15, 0.2) is 42.5 Å². The highest BCUT2D eigenvalue weighted by molar-refractivity contribution is 7.21. The molecule has 3 aliphatic rings. The molecule has 0 radical (unpaired) electrons. The molecule has 146 valence electrons. The molecule has 3 aliphatic heterocycles. The van der Waals surface area contributed by atoms with Crippen LogP contribution in [0.2, 0.25) is 0 Å². The number of nitrogens with zero attached hydrogens (tertiary/aromatic N) is 1. The van der Waals surface area contributed by atoms with Crippen LogP contribution in [0.1, 0.15) is 34.0 Å². The van der Waals surface area contributed by atoms with Crippen molar-refractivity contribution in [3.05, 3.63) is 52.9 Å². The van der Waals surface area contributed by atoms with Gasteiger partial charge in [0.25, 0.3) is 5.91 Å². The molecule has 6 heteroatoms. The van der Waals surface area contributed by atoms with Gasteiger partial charge in [0.05, 0.1) is 4.88 Å². The molecule has 3 saturated heterocycles. The second kappa shape index (κ2) is 7.39. The average molecular weight is 414 g/mol. The van der Waals surface area contributed by atoms with Gasteiger partial charge in [-0.2, -0.15) is 0 Å². The fraction of sp³-hybridized carbons (Fsp3) is 0.318. The number of piperidine rings is 3. The Morgan fingerprint density at radius 3 is 2.50 bits per heavy atom. The van der Waals surface area contributed by atoms with Crippen LogP contribution in [-0.2, 0) is 0 Å². The van der Waals surface area contributed by atoms with E-state index in [9.17, 15) is 4.79 Å². The van der Waals surface area contributed by atoms with Gasteiger partial charge in [-0.15, -0.1) is 23.7 Å². The minimum atomic E-state index is -0.304. The standard InChI is InChI=1S/C22H23N3OS.ClH/c23-15-4-1-3-14(11-15)16-5-2-6-17-19(21(22(24)26)27-20(16)17)18-12-25-9-7-13(18)8-10-25;/h1-6,11,13,18H,7-10,12,23H2,(H2,24,26);1H/t18-;/m1./s1. The number of halogens is 1. The number of rotatable bonds is 3. The molecule has 3 fully saturated rings. The second-order valence-corrected chi connectivity index (χ2v) is 8.78. The number of hydrogen-bond acceptors (Lipinski definition) is 4. The predicted molar refractivity (Wildman–Crippen MR) is 119 cm³/mol. The largest absolute Gasteiger partial charge is 0.399 e. The number of thiophene rings is 1. The van der Waals surface area contributed by atoms with E-state index in [1.807, 2.05) is 18.2 Å². The molecular weight excluding hydrogens is 390 g/mol. The minimum Gasteiger partial charge on any atom is -0.399 e. The minimum absolute atomic E-state index is 0. The zero-order valence-corrected chi connectivity index (χ0v) is 17.2. The lowest BCUT2D eigenvalue weighted by atomic mass is 9.74. The highest BCUT2D eigenvalue weighted by atomic mass is 35.5. The van der Waals surface area contributed by atoms with Crippen molar-refractivity contribution in [3.63, 3.8) is 0 Å². The molecule has 2 aromatic carbocycles. The fourth-order valence-corrected chi connectivity index (χ4v) is 6.18. The van der Waals surface area contributed by atoms with Crippen molar-refractivity contribution in [1.29, 1.82) is 0 Å². The van der Waals surface area contributed by atoms with Crippen LogP contribution in [0.5, 0.6) is 0 Å². The SMILES string of the molecule is Cl.NC(=O)c1sc2c(-c3cccc(N)c3)cccc2c1[C@@H]1CN2CCC1CC2. The van der Waals surface area contributed by atoms with E-state index in [0.29, 0.717) is 11.8 Å². The topological polar surface area (TPSA) is 72.3 Å². The molecule has 1 aromatic heterocycles. The maximum Gasteiger partial charge on any atom is 0.259 e. The fourth-order valence-electron chi connectivity index (χ4n) is 4.92. The molecule has 0 saturated carbocycles. The highest BCUT2D eigenvalue weighted by Gasteiger charge is 2.38. The van der Waals surface area contributed by atoms with Gasteiger partial charge in [0.1, 0.15) is 0 Å². The number of amides is 1. The van der Waals surface area contributed by atoms with Gasteiger partial charge in [-0.05, 0) is 66.1 Å². The van der Waals surface area contributed by atoms with Crippen LogP contribution in [0.25, 0.3) is 21.2 Å². The molecule has 2 bridgehead atoms.